The molecule has 0 spiro atoms. The Morgan fingerprint density at radius 1 is 1.24 bits per heavy atom. The molecular weight excluding hydrogens is 262 g/mol. The zero-order valence-electron chi connectivity index (χ0n) is 13.3. The Morgan fingerprint density at radius 3 is 2.62 bits per heavy atom. The van der Waals surface area contributed by atoms with E-state index in [9.17, 15) is 10.2 Å². The van der Waals surface area contributed by atoms with Gasteiger partial charge in [0.25, 0.3) is 0 Å². The van der Waals surface area contributed by atoms with Crippen LogP contribution < -0.4 is 5.32 Å². The van der Waals surface area contributed by atoms with Gasteiger partial charge < -0.3 is 15.5 Å². The molecule has 0 unspecified atom stereocenters. The second-order valence-corrected chi connectivity index (χ2v) is 7.79. The lowest BCUT2D eigenvalue weighted by molar-refractivity contribution is 0.0542. The fourth-order valence-electron chi connectivity index (χ4n) is 4.51. The number of fused-ring (bicyclic) bond motifs is 1. The minimum Gasteiger partial charge on any atom is -0.508 e. The lowest BCUT2D eigenvalue weighted by atomic mass is 9.72. The first-order valence-corrected chi connectivity index (χ1v) is 8.01. The van der Waals surface area contributed by atoms with E-state index in [-0.39, 0.29) is 12.0 Å². The van der Waals surface area contributed by atoms with E-state index in [1.165, 1.54) is 6.42 Å². The summed E-state index contributed by atoms with van der Waals surface area (Å²) in [6.07, 6.45) is 2.30. The summed E-state index contributed by atoms with van der Waals surface area (Å²) in [5.41, 5.74) is 1.25. The van der Waals surface area contributed by atoms with E-state index in [4.69, 9.17) is 0 Å². The first-order valence-electron chi connectivity index (χ1n) is 8.01. The Morgan fingerprint density at radius 2 is 1.95 bits per heavy atom. The molecule has 0 amide bonds. The summed E-state index contributed by atoms with van der Waals surface area (Å²) in [5.74, 6) is 1.76. The van der Waals surface area contributed by atoms with Crippen LogP contribution >= 0.6 is 0 Å². The Hall–Kier alpha value is -1.06. The van der Waals surface area contributed by atoms with E-state index < -0.39 is 0 Å². The largest absolute Gasteiger partial charge is 0.508 e. The molecule has 0 aliphatic heterocycles. The zero-order chi connectivity index (χ0) is 15.3. The maximum absolute atomic E-state index is 9.92. The lowest BCUT2D eigenvalue weighted by Gasteiger charge is -2.41. The van der Waals surface area contributed by atoms with Gasteiger partial charge in [0, 0.05) is 30.2 Å². The van der Waals surface area contributed by atoms with E-state index >= 15 is 0 Å². The second-order valence-electron chi connectivity index (χ2n) is 7.79. The quantitative estimate of drug-likeness (QED) is 0.799. The molecule has 0 bridgehead atoms. The molecule has 0 radical (unpaired) electrons. The maximum atomic E-state index is 9.92. The van der Waals surface area contributed by atoms with Crippen molar-refractivity contribution in [3.63, 3.8) is 0 Å². The van der Waals surface area contributed by atoms with E-state index in [0.717, 1.165) is 17.9 Å². The van der Waals surface area contributed by atoms with Crippen LogP contribution in [0, 0.1) is 22.7 Å². The van der Waals surface area contributed by atoms with Gasteiger partial charge in [-0.2, -0.15) is 0 Å². The van der Waals surface area contributed by atoms with Gasteiger partial charge in [0.15, 0.2) is 0 Å². The second kappa shape index (κ2) is 4.99. The minimum atomic E-state index is -0.0562. The number of phenols is 1. The number of aromatic hydroxyl groups is 1. The molecule has 3 nitrogen and oxygen atoms in total. The van der Waals surface area contributed by atoms with Gasteiger partial charge in [0.2, 0.25) is 0 Å². The van der Waals surface area contributed by atoms with Crippen LogP contribution in [0.2, 0.25) is 0 Å². The van der Waals surface area contributed by atoms with Crippen molar-refractivity contribution in [3.8, 4) is 5.75 Å². The highest BCUT2D eigenvalue weighted by molar-refractivity contribution is 5.31. The van der Waals surface area contributed by atoms with Crippen molar-refractivity contribution in [1.29, 1.82) is 0 Å². The van der Waals surface area contributed by atoms with Gasteiger partial charge in [-0.3, -0.25) is 0 Å². The zero-order valence-corrected chi connectivity index (χ0v) is 13.3. The Balaban J connectivity index is 1.76. The molecular formula is C18H27NO2. The normalized spacial score (nSPS) is 37.0. The first kappa shape index (κ1) is 14.9. The molecule has 3 heteroatoms. The number of hydrogen-bond acceptors (Lipinski definition) is 3. The third kappa shape index (κ3) is 2.36. The number of aliphatic hydroxyl groups is 1. The van der Waals surface area contributed by atoms with Crippen LogP contribution in [-0.4, -0.2) is 22.9 Å². The predicted molar refractivity (Wildman–Crippen MR) is 83.9 cm³/mol. The lowest BCUT2D eigenvalue weighted by Crippen LogP contribution is -2.49. The highest BCUT2D eigenvalue weighted by Gasteiger charge is 2.65. The van der Waals surface area contributed by atoms with Crippen molar-refractivity contribution in [2.45, 2.75) is 46.2 Å². The average Bonchev–Trinajstić information content (AvgIpc) is 3.01. The molecule has 2 saturated carbocycles. The molecule has 3 N–H and O–H groups in total. The summed E-state index contributed by atoms with van der Waals surface area (Å²) in [5, 5.41) is 23.5. The first-order chi connectivity index (χ1) is 9.90. The number of hydrogen-bond donors (Lipinski definition) is 3. The molecule has 3 rings (SSSR count). The molecule has 0 heterocycles. The number of aliphatic hydroxyl groups excluding tert-OH is 1. The molecule has 0 saturated heterocycles. The van der Waals surface area contributed by atoms with Crippen molar-refractivity contribution < 1.29 is 10.2 Å². The summed E-state index contributed by atoms with van der Waals surface area (Å²) >= 11 is 0. The molecule has 116 valence electrons. The summed E-state index contributed by atoms with van der Waals surface area (Å²) in [6, 6.07) is 7.80. The van der Waals surface area contributed by atoms with Crippen molar-refractivity contribution in [2.24, 2.45) is 22.7 Å². The summed E-state index contributed by atoms with van der Waals surface area (Å²) in [7, 11) is 0. The van der Waals surface area contributed by atoms with Crippen LogP contribution in [0.25, 0.3) is 0 Å². The Bertz CT molecular complexity index is 528. The highest BCUT2D eigenvalue weighted by atomic mass is 16.3. The molecule has 2 aliphatic carbocycles. The van der Waals surface area contributed by atoms with Crippen LogP contribution in [0.5, 0.6) is 5.75 Å². The van der Waals surface area contributed by atoms with Crippen LogP contribution in [-0.2, 0) is 6.54 Å². The van der Waals surface area contributed by atoms with E-state index in [1.54, 1.807) is 6.07 Å². The monoisotopic (exact) mass is 289 g/mol. The van der Waals surface area contributed by atoms with Crippen LogP contribution in [0.15, 0.2) is 24.3 Å². The van der Waals surface area contributed by atoms with E-state index in [2.05, 4.69) is 26.1 Å². The van der Waals surface area contributed by atoms with Crippen LogP contribution in [0.3, 0.4) is 0 Å². The van der Waals surface area contributed by atoms with Gasteiger partial charge in [-0.1, -0.05) is 39.0 Å². The van der Waals surface area contributed by atoms with Gasteiger partial charge >= 0.3 is 0 Å². The van der Waals surface area contributed by atoms with Crippen molar-refractivity contribution >= 4 is 0 Å². The molecule has 1 aromatic carbocycles. The molecule has 2 aliphatic rings. The number of phenolic OH excluding ortho intramolecular Hbond substituents is 1. The van der Waals surface area contributed by atoms with Crippen LogP contribution in [0.4, 0.5) is 0 Å². The van der Waals surface area contributed by atoms with Gasteiger partial charge in [0.05, 0.1) is 0 Å². The number of para-hydroxylation sites is 1. The topological polar surface area (TPSA) is 52.5 Å². The Kier molecular flexibility index (Phi) is 3.53. The standard InChI is InChI=1S/C18H27NO2/c1-17(2)13-8-9-18(3,11-20)16(15(13)17)19-10-12-6-4-5-7-14(12)21/h4-7,13,15-16,19-21H,8-11H2,1-3H3/t13-,15-,16+,18+/m1/s1. The SMILES string of the molecule is CC1(C)[C@@H]2[C@H]1CC[C@@](C)(CO)[C@H]2NCc1ccccc1O. The van der Waals surface area contributed by atoms with Gasteiger partial charge in [-0.15, -0.1) is 0 Å². The fraction of sp³-hybridized carbons (Fsp3) is 0.667. The number of rotatable bonds is 4. The minimum absolute atomic E-state index is 0.0562. The smallest absolute Gasteiger partial charge is 0.120 e. The predicted octanol–water partition coefficient (Wildman–Crippen LogP) is 2.92. The Labute approximate surface area is 127 Å². The third-order valence-corrected chi connectivity index (χ3v) is 6.14. The average molecular weight is 289 g/mol. The number of nitrogens with one attached hydrogen (secondary N) is 1. The van der Waals surface area contributed by atoms with E-state index in [0.29, 0.717) is 29.7 Å². The summed E-state index contributed by atoms with van der Waals surface area (Å²) in [6.45, 7) is 7.78. The summed E-state index contributed by atoms with van der Waals surface area (Å²) < 4.78 is 0. The van der Waals surface area contributed by atoms with E-state index in [1.807, 2.05) is 18.2 Å². The molecule has 2 fully saturated rings. The van der Waals surface area contributed by atoms with Crippen molar-refractivity contribution in [1.82, 2.24) is 5.32 Å². The van der Waals surface area contributed by atoms with Gasteiger partial charge in [0.1, 0.15) is 5.75 Å². The molecule has 21 heavy (non-hydrogen) atoms. The third-order valence-electron chi connectivity index (χ3n) is 6.14. The number of benzene rings is 1. The maximum Gasteiger partial charge on any atom is 0.120 e. The van der Waals surface area contributed by atoms with Gasteiger partial charge in [-0.05, 0) is 36.2 Å². The molecule has 0 aromatic heterocycles. The van der Waals surface area contributed by atoms with Gasteiger partial charge in [-0.25, -0.2) is 0 Å². The fourth-order valence-corrected chi connectivity index (χ4v) is 4.51. The van der Waals surface area contributed by atoms with Crippen molar-refractivity contribution in [2.75, 3.05) is 6.61 Å². The van der Waals surface area contributed by atoms with Crippen LogP contribution in [0.1, 0.15) is 39.2 Å². The summed E-state index contributed by atoms with van der Waals surface area (Å²) in [4.78, 5) is 0. The highest BCUT2D eigenvalue weighted by Crippen LogP contribution is 2.67. The molecule has 1 aromatic rings. The molecule has 4 atom stereocenters. The van der Waals surface area contributed by atoms with Crippen molar-refractivity contribution in [3.05, 3.63) is 29.8 Å².